The topological polar surface area (TPSA) is 129 Å². The Labute approximate surface area is 223 Å². The number of hydrogen-bond acceptors (Lipinski definition) is 8. The molecular formula is C24H23F6NO9. The van der Waals surface area contributed by atoms with Crippen molar-refractivity contribution in [3.63, 3.8) is 0 Å². The van der Waals surface area contributed by atoms with Crippen molar-refractivity contribution in [2.75, 3.05) is 42.5 Å². The van der Waals surface area contributed by atoms with Gasteiger partial charge in [-0.05, 0) is 24.3 Å². The summed E-state index contributed by atoms with van der Waals surface area (Å²) >= 11 is 0. The Hall–Kier alpha value is -4.50. The third-order valence-corrected chi connectivity index (χ3v) is 4.91. The zero-order valence-electron chi connectivity index (χ0n) is 21.7. The Morgan fingerprint density at radius 2 is 1.02 bits per heavy atom. The van der Waals surface area contributed by atoms with Gasteiger partial charge in [-0.1, -0.05) is 0 Å². The van der Waals surface area contributed by atoms with Crippen LogP contribution in [0.15, 0.2) is 24.3 Å². The number of benzene rings is 2. The van der Waals surface area contributed by atoms with Gasteiger partial charge in [0.15, 0.2) is 0 Å². The summed E-state index contributed by atoms with van der Waals surface area (Å²) in [6.07, 6.45) is -9.64. The lowest BCUT2D eigenvalue weighted by Crippen LogP contribution is -2.24. The Morgan fingerprint density at radius 3 is 1.30 bits per heavy atom. The number of carbonyl (C=O) groups excluding carboxylic acids is 3. The lowest BCUT2D eigenvalue weighted by molar-refractivity contribution is -0.139. The maximum atomic E-state index is 13.1. The molecule has 2 aromatic carbocycles. The van der Waals surface area contributed by atoms with Gasteiger partial charge in [0.25, 0.3) is 5.91 Å². The number of amides is 1. The van der Waals surface area contributed by atoms with Crippen molar-refractivity contribution >= 4 is 23.8 Å². The normalized spacial score (nSPS) is 11.0. The van der Waals surface area contributed by atoms with Gasteiger partial charge < -0.3 is 29.0 Å². The molecule has 0 aliphatic carbocycles. The van der Waals surface area contributed by atoms with E-state index in [0.29, 0.717) is 12.1 Å². The Balaban J connectivity index is 0.000000402. The zero-order valence-corrected chi connectivity index (χ0v) is 21.7. The number of rotatable bonds is 6. The van der Waals surface area contributed by atoms with Crippen LogP contribution in [-0.2, 0) is 21.8 Å². The van der Waals surface area contributed by atoms with Gasteiger partial charge >= 0.3 is 30.3 Å². The minimum atomic E-state index is -4.86. The first-order valence-corrected chi connectivity index (χ1v) is 10.6. The second-order valence-corrected chi connectivity index (χ2v) is 7.69. The highest BCUT2D eigenvalue weighted by Gasteiger charge is 2.39. The van der Waals surface area contributed by atoms with Crippen molar-refractivity contribution < 1.29 is 69.6 Å². The molecule has 16 heteroatoms. The van der Waals surface area contributed by atoms with Crippen LogP contribution >= 0.6 is 0 Å². The molecule has 10 nitrogen and oxygen atoms in total. The molecule has 0 saturated heterocycles. The highest BCUT2D eigenvalue weighted by molar-refractivity contribution is 6.01. The van der Waals surface area contributed by atoms with Gasteiger partial charge in [0.2, 0.25) is 0 Å². The molecule has 0 aliphatic heterocycles. The zero-order chi connectivity index (χ0) is 31.2. The molecule has 0 spiro atoms. The quantitative estimate of drug-likeness (QED) is 0.389. The van der Waals surface area contributed by atoms with Crippen LogP contribution in [0.25, 0.3) is 0 Å². The first kappa shape index (κ1) is 33.5. The van der Waals surface area contributed by atoms with E-state index in [1.165, 1.54) is 14.1 Å². The van der Waals surface area contributed by atoms with E-state index >= 15 is 0 Å². The molecule has 40 heavy (non-hydrogen) atoms. The second kappa shape index (κ2) is 13.0. The summed E-state index contributed by atoms with van der Waals surface area (Å²) in [5.41, 5.74) is -4.59. The van der Waals surface area contributed by atoms with Gasteiger partial charge in [-0.25, -0.2) is 14.4 Å². The first-order valence-electron chi connectivity index (χ1n) is 10.6. The van der Waals surface area contributed by atoms with E-state index in [9.17, 15) is 45.5 Å². The van der Waals surface area contributed by atoms with Crippen molar-refractivity contribution in [2.24, 2.45) is 0 Å². The van der Waals surface area contributed by atoms with Crippen molar-refractivity contribution in [3.05, 3.63) is 57.6 Å². The van der Waals surface area contributed by atoms with Gasteiger partial charge in [-0.3, -0.25) is 4.79 Å². The monoisotopic (exact) mass is 583 g/mol. The largest absolute Gasteiger partial charge is 0.495 e. The van der Waals surface area contributed by atoms with Crippen LogP contribution in [0.1, 0.15) is 52.6 Å². The fraction of sp³-hybridized carbons (Fsp3) is 0.333. The molecule has 0 heterocycles. The fourth-order valence-electron chi connectivity index (χ4n) is 3.15. The molecule has 0 aromatic heterocycles. The molecule has 0 saturated carbocycles. The van der Waals surface area contributed by atoms with Gasteiger partial charge in [0.05, 0.1) is 56.3 Å². The van der Waals surface area contributed by atoms with Crippen LogP contribution < -0.4 is 9.47 Å². The highest BCUT2D eigenvalue weighted by Crippen LogP contribution is 2.40. The summed E-state index contributed by atoms with van der Waals surface area (Å²) in [6, 6.07) is 2.86. The van der Waals surface area contributed by atoms with Gasteiger partial charge in [0.1, 0.15) is 17.1 Å². The van der Waals surface area contributed by atoms with Crippen LogP contribution in [0.4, 0.5) is 26.3 Å². The third-order valence-electron chi connectivity index (χ3n) is 4.91. The lowest BCUT2D eigenvalue weighted by atomic mass is 10.0. The Bertz CT molecular complexity index is 1290. The predicted octanol–water partition coefficient (Wildman–Crippen LogP) is 4.40. The number of aromatic carboxylic acids is 1. The molecule has 0 bridgehead atoms. The number of esters is 2. The van der Waals surface area contributed by atoms with Crippen LogP contribution in [-0.4, -0.2) is 76.4 Å². The van der Waals surface area contributed by atoms with Crippen LogP contribution in [0.5, 0.6) is 11.5 Å². The van der Waals surface area contributed by atoms with Crippen molar-refractivity contribution in [2.45, 2.75) is 12.4 Å². The summed E-state index contributed by atoms with van der Waals surface area (Å²) in [7, 11) is 6.69. The summed E-state index contributed by atoms with van der Waals surface area (Å²) in [4.78, 5) is 46.7. The fourth-order valence-corrected chi connectivity index (χ4v) is 3.15. The molecule has 1 amide bonds. The second-order valence-electron chi connectivity index (χ2n) is 7.69. The summed E-state index contributed by atoms with van der Waals surface area (Å²) < 4.78 is 95.5. The minimum Gasteiger partial charge on any atom is -0.495 e. The van der Waals surface area contributed by atoms with E-state index in [4.69, 9.17) is 9.84 Å². The Kier molecular flexibility index (Phi) is 10.9. The molecule has 2 rings (SSSR count). The maximum absolute atomic E-state index is 13.1. The SMILES string of the molecule is COC(=O)c1cc(C(=O)N(C)C)c(OC)c(C(F)(F)F)c1.COC(=O)c1cc(C(=O)O)c(OC)c(C(F)(F)F)c1. The number of alkyl halides is 6. The van der Waals surface area contributed by atoms with E-state index in [-0.39, 0.29) is 11.1 Å². The summed E-state index contributed by atoms with van der Waals surface area (Å²) in [5.74, 6) is -5.90. The maximum Gasteiger partial charge on any atom is 0.420 e. The van der Waals surface area contributed by atoms with Gasteiger partial charge in [0, 0.05) is 14.1 Å². The highest BCUT2D eigenvalue weighted by atomic mass is 19.4. The number of halogens is 6. The summed E-state index contributed by atoms with van der Waals surface area (Å²) in [5, 5.41) is 8.87. The average Bonchev–Trinajstić information content (AvgIpc) is 2.89. The molecular weight excluding hydrogens is 560 g/mol. The predicted molar refractivity (Wildman–Crippen MR) is 124 cm³/mol. The molecule has 220 valence electrons. The van der Waals surface area contributed by atoms with E-state index in [1.54, 1.807) is 0 Å². The molecule has 2 aromatic rings. The summed E-state index contributed by atoms with van der Waals surface area (Å²) in [6.45, 7) is 0. The Morgan fingerprint density at radius 1 is 0.675 bits per heavy atom. The molecule has 0 unspecified atom stereocenters. The van der Waals surface area contributed by atoms with Crippen LogP contribution in [0.2, 0.25) is 0 Å². The van der Waals surface area contributed by atoms with E-state index < -0.39 is 69.9 Å². The minimum absolute atomic E-state index is 0.363. The van der Waals surface area contributed by atoms with Crippen molar-refractivity contribution in [1.82, 2.24) is 4.90 Å². The smallest absolute Gasteiger partial charge is 0.420 e. The van der Waals surface area contributed by atoms with Crippen molar-refractivity contribution in [1.29, 1.82) is 0 Å². The molecule has 1 N–H and O–H groups in total. The number of carboxylic acids is 1. The number of hydrogen-bond donors (Lipinski definition) is 1. The number of methoxy groups -OCH3 is 4. The van der Waals surface area contributed by atoms with Gasteiger partial charge in [-0.2, -0.15) is 26.3 Å². The molecule has 0 aliphatic rings. The first-order chi connectivity index (χ1) is 18.3. The molecule has 0 fully saturated rings. The van der Waals surface area contributed by atoms with Crippen molar-refractivity contribution in [3.8, 4) is 11.5 Å². The van der Waals surface area contributed by atoms with E-state index in [2.05, 4.69) is 14.2 Å². The number of ether oxygens (including phenoxy) is 4. The molecule has 0 radical (unpaired) electrons. The van der Waals surface area contributed by atoms with Crippen LogP contribution in [0.3, 0.4) is 0 Å². The number of carboxylic acid groups (broad SMARTS) is 1. The lowest BCUT2D eigenvalue weighted by Gasteiger charge is -2.19. The molecule has 0 atom stereocenters. The van der Waals surface area contributed by atoms with E-state index in [1.807, 2.05) is 0 Å². The number of nitrogens with zero attached hydrogens (tertiary/aromatic N) is 1. The standard InChI is InChI=1S/C13H14F3NO4.C11H9F3O5/c1-17(2)11(18)8-5-7(12(19)21-4)6-9(10(8)20-3)13(14,15)16;1-18-8-6(9(15)16)3-5(10(17)19-2)4-7(8)11(12,13)14/h5-6H,1-4H3;3-4H,1-2H3,(H,15,16). The van der Waals surface area contributed by atoms with Crippen LogP contribution in [0, 0.1) is 0 Å². The van der Waals surface area contributed by atoms with E-state index in [0.717, 1.165) is 45.5 Å². The third kappa shape index (κ3) is 7.77. The van der Waals surface area contributed by atoms with Gasteiger partial charge in [-0.15, -0.1) is 0 Å². The number of carbonyl (C=O) groups is 4. The average molecular weight is 583 g/mol.